The summed E-state index contributed by atoms with van der Waals surface area (Å²) in [5.41, 5.74) is 4.02. The first kappa shape index (κ1) is 13.0. The molecule has 2 aromatic heterocycles. The third-order valence-corrected chi connectivity index (χ3v) is 4.65. The first-order chi connectivity index (χ1) is 11.8. The van der Waals surface area contributed by atoms with E-state index in [9.17, 15) is 10.1 Å². The molecule has 24 heavy (non-hydrogen) atoms. The lowest BCUT2D eigenvalue weighted by Gasteiger charge is -2.07. The van der Waals surface area contributed by atoms with Gasteiger partial charge in [0.2, 0.25) is 0 Å². The molecular weight excluding hydrogens is 298 g/mol. The summed E-state index contributed by atoms with van der Waals surface area (Å²) in [6, 6.07) is 19.4. The maximum atomic E-state index is 12.9. The topological polar surface area (TPSA) is 58.7 Å². The highest BCUT2D eigenvalue weighted by Gasteiger charge is 2.23. The Hall–Kier alpha value is -3.45. The molecule has 0 atom stereocenters. The number of nitrogens with zero attached hydrogens (tertiary/aromatic N) is 3. The summed E-state index contributed by atoms with van der Waals surface area (Å²) < 4.78 is 1.75. The van der Waals surface area contributed by atoms with Crippen LogP contribution in [0, 0.1) is 11.3 Å². The Morgan fingerprint density at radius 2 is 1.92 bits per heavy atom. The summed E-state index contributed by atoms with van der Waals surface area (Å²) in [7, 11) is 0. The van der Waals surface area contributed by atoms with Crippen LogP contribution in [0.2, 0.25) is 0 Å². The van der Waals surface area contributed by atoms with Crippen LogP contribution >= 0.6 is 0 Å². The summed E-state index contributed by atoms with van der Waals surface area (Å²) in [6.45, 7) is 0.522. The van der Waals surface area contributed by atoms with Crippen molar-refractivity contribution in [1.29, 1.82) is 5.26 Å². The first-order valence-corrected chi connectivity index (χ1v) is 7.72. The van der Waals surface area contributed by atoms with Gasteiger partial charge < -0.3 is 4.57 Å². The summed E-state index contributed by atoms with van der Waals surface area (Å²) in [5, 5.41) is 11.7. The van der Waals surface area contributed by atoms with E-state index in [2.05, 4.69) is 12.1 Å². The maximum absolute atomic E-state index is 12.9. The number of para-hydroxylation sites is 1. The monoisotopic (exact) mass is 309 g/mol. The summed E-state index contributed by atoms with van der Waals surface area (Å²) in [6.07, 6.45) is 0. The Morgan fingerprint density at radius 3 is 2.79 bits per heavy atom. The second kappa shape index (κ2) is 4.53. The predicted octanol–water partition coefficient (Wildman–Crippen LogP) is 3.45. The minimum atomic E-state index is -0.0679. The van der Waals surface area contributed by atoms with E-state index in [1.165, 1.54) is 0 Å². The third-order valence-electron chi connectivity index (χ3n) is 4.65. The SMILES string of the molecule is N#Cc1cccc2c(=O)n3c(cc12)-c1nc2ccccc2cc1C3. The molecule has 0 N–H and O–H groups in total. The molecule has 0 unspecified atom stereocenters. The van der Waals surface area contributed by atoms with Gasteiger partial charge in [0.05, 0.1) is 35.1 Å². The number of hydrogen-bond acceptors (Lipinski definition) is 3. The van der Waals surface area contributed by atoms with Gasteiger partial charge in [0, 0.05) is 21.7 Å². The van der Waals surface area contributed by atoms with Crippen LogP contribution in [-0.4, -0.2) is 9.55 Å². The van der Waals surface area contributed by atoms with E-state index >= 15 is 0 Å². The van der Waals surface area contributed by atoms with Gasteiger partial charge in [-0.25, -0.2) is 4.98 Å². The molecule has 4 aromatic rings. The Morgan fingerprint density at radius 1 is 1.04 bits per heavy atom. The second-order valence-electron chi connectivity index (χ2n) is 5.99. The molecule has 0 fully saturated rings. The summed E-state index contributed by atoms with van der Waals surface area (Å²) >= 11 is 0. The predicted molar refractivity (Wildman–Crippen MR) is 92.8 cm³/mol. The van der Waals surface area contributed by atoms with Crippen LogP contribution in [0.3, 0.4) is 0 Å². The number of rotatable bonds is 0. The fourth-order valence-electron chi connectivity index (χ4n) is 3.50. The molecule has 3 heterocycles. The van der Waals surface area contributed by atoms with E-state index < -0.39 is 0 Å². The van der Waals surface area contributed by atoms with E-state index in [1.54, 1.807) is 22.8 Å². The Balaban J connectivity index is 1.90. The Bertz CT molecular complexity index is 1260. The molecule has 5 rings (SSSR count). The van der Waals surface area contributed by atoms with Crippen LogP contribution in [-0.2, 0) is 6.54 Å². The third kappa shape index (κ3) is 1.61. The molecule has 0 radical (unpaired) electrons. The minimum Gasteiger partial charge on any atom is -0.302 e. The van der Waals surface area contributed by atoms with Gasteiger partial charge in [-0.05, 0) is 30.3 Å². The number of nitriles is 1. The summed E-state index contributed by atoms with van der Waals surface area (Å²) in [4.78, 5) is 17.6. The molecule has 0 bridgehead atoms. The standard InChI is InChI=1S/C20H11N3O/c21-10-13-5-3-6-15-16(13)9-18-19-14(11-23(18)20(15)24)8-12-4-1-2-7-17(12)22-19/h1-9H,11H2. The molecular formula is C20H11N3O. The van der Waals surface area contributed by atoms with Gasteiger partial charge >= 0.3 is 0 Å². The highest BCUT2D eigenvalue weighted by Crippen LogP contribution is 2.33. The lowest BCUT2D eigenvalue weighted by molar-refractivity contribution is 0.813. The molecule has 0 amide bonds. The van der Waals surface area contributed by atoms with Crippen molar-refractivity contribution in [3.63, 3.8) is 0 Å². The second-order valence-corrected chi connectivity index (χ2v) is 5.99. The smallest absolute Gasteiger partial charge is 0.259 e. The van der Waals surface area contributed by atoms with Gasteiger partial charge in [0.15, 0.2) is 0 Å². The zero-order chi connectivity index (χ0) is 16.3. The zero-order valence-electron chi connectivity index (χ0n) is 12.7. The lowest BCUT2D eigenvalue weighted by atomic mass is 10.0. The van der Waals surface area contributed by atoms with Crippen molar-refractivity contribution in [2.45, 2.75) is 6.54 Å². The van der Waals surface area contributed by atoms with Crippen LogP contribution in [0.4, 0.5) is 0 Å². The van der Waals surface area contributed by atoms with Crippen LogP contribution in [0.25, 0.3) is 33.1 Å². The van der Waals surface area contributed by atoms with E-state index in [0.717, 1.165) is 27.9 Å². The van der Waals surface area contributed by atoms with Crippen molar-refractivity contribution in [2.24, 2.45) is 0 Å². The zero-order valence-corrected chi connectivity index (χ0v) is 12.7. The van der Waals surface area contributed by atoms with Gasteiger partial charge in [-0.15, -0.1) is 0 Å². The molecule has 2 aromatic carbocycles. The quantitative estimate of drug-likeness (QED) is 0.440. The maximum Gasteiger partial charge on any atom is 0.259 e. The lowest BCUT2D eigenvalue weighted by Crippen LogP contribution is -2.19. The Kier molecular flexibility index (Phi) is 2.46. The molecule has 0 spiro atoms. The van der Waals surface area contributed by atoms with E-state index in [-0.39, 0.29) is 5.56 Å². The van der Waals surface area contributed by atoms with Crippen molar-refractivity contribution < 1.29 is 0 Å². The van der Waals surface area contributed by atoms with Crippen molar-refractivity contribution in [2.75, 3.05) is 0 Å². The molecule has 0 saturated heterocycles. The molecule has 4 nitrogen and oxygen atoms in total. The molecule has 0 saturated carbocycles. The molecule has 112 valence electrons. The van der Waals surface area contributed by atoms with Crippen LogP contribution in [0.5, 0.6) is 0 Å². The largest absolute Gasteiger partial charge is 0.302 e. The van der Waals surface area contributed by atoms with Crippen molar-refractivity contribution in [3.05, 3.63) is 76.1 Å². The van der Waals surface area contributed by atoms with Gasteiger partial charge in [-0.3, -0.25) is 4.79 Å². The average Bonchev–Trinajstić information content (AvgIpc) is 2.97. The highest BCUT2D eigenvalue weighted by molar-refractivity contribution is 5.92. The molecule has 4 heteroatoms. The average molecular weight is 309 g/mol. The number of aromatic nitrogens is 2. The summed E-state index contributed by atoms with van der Waals surface area (Å²) in [5.74, 6) is 0. The van der Waals surface area contributed by atoms with Crippen molar-refractivity contribution in [1.82, 2.24) is 9.55 Å². The van der Waals surface area contributed by atoms with Crippen LogP contribution in [0.1, 0.15) is 11.1 Å². The fourth-order valence-corrected chi connectivity index (χ4v) is 3.50. The number of hydrogen-bond donors (Lipinski definition) is 0. The highest BCUT2D eigenvalue weighted by atomic mass is 16.1. The van der Waals surface area contributed by atoms with E-state index in [1.807, 2.05) is 30.3 Å². The fraction of sp³-hybridized carbons (Fsp3) is 0.0500. The molecule has 1 aliphatic rings. The van der Waals surface area contributed by atoms with Gasteiger partial charge in [-0.2, -0.15) is 5.26 Å². The van der Waals surface area contributed by atoms with E-state index in [0.29, 0.717) is 22.9 Å². The number of benzene rings is 2. The van der Waals surface area contributed by atoms with Crippen LogP contribution < -0.4 is 5.56 Å². The van der Waals surface area contributed by atoms with Crippen molar-refractivity contribution >= 4 is 21.7 Å². The minimum absolute atomic E-state index is 0.0679. The molecule has 0 aliphatic carbocycles. The van der Waals surface area contributed by atoms with Gasteiger partial charge in [0.1, 0.15) is 0 Å². The first-order valence-electron chi connectivity index (χ1n) is 7.72. The van der Waals surface area contributed by atoms with Gasteiger partial charge in [-0.1, -0.05) is 24.3 Å². The Labute approximate surface area is 137 Å². The number of pyridine rings is 2. The number of fused-ring (bicyclic) bond motifs is 5. The van der Waals surface area contributed by atoms with Crippen molar-refractivity contribution in [3.8, 4) is 17.5 Å². The normalized spacial score (nSPS) is 12.1. The molecule has 1 aliphatic heterocycles. The van der Waals surface area contributed by atoms with E-state index in [4.69, 9.17) is 4.98 Å². The van der Waals surface area contributed by atoms with Crippen LogP contribution in [0.15, 0.2) is 59.4 Å². The van der Waals surface area contributed by atoms with Gasteiger partial charge in [0.25, 0.3) is 5.56 Å².